The fraction of sp³-hybridized carbons (Fsp3) is 0.409. The zero-order valence-electron chi connectivity index (χ0n) is 17.4. The largest absolute Gasteiger partial charge is 0.492 e. The number of sulfonamides is 1. The number of piperidine rings is 1. The quantitative estimate of drug-likeness (QED) is 0.707. The molecule has 0 saturated carbocycles. The van der Waals surface area contributed by atoms with Crippen LogP contribution < -0.4 is 10.1 Å². The standard InChI is InChI=1S/C22H27ClN2O4S/c1-4-29-20-9-8-18(23)14-21(20)30(27,28)25-12-10-17(11-13-25)22(26)24-19-7-5-6-15(2)16(19)3/h5-9,14,17H,4,10-13H2,1-3H3,(H,24,26). The molecule has 1 saturated heterocycles. The van der Waals surface area contributed by atoms with Gasteiger partial charge >= 0.3 is 0 Å². The minimum atomic E-state index is -3.77. The molecule has 0 atom stereocenters. The van der Waals surface area contributed by atoms with Gasteiger partial charge < -0.3 is 10.1 Å². The van der Waals surface area contributed by atoms with Gasteiger partial charge in [-0.25, -0.2) is 8.42 Å². The van der Waals surface area contributed by atoms with Crippen molar-refractivity contribution in [3.05, 3.63) is 52.5 Å². The Balaban J connectivity index is 1.70. The third kappa shape index (κ3) is 4.79. The fourth-order valence-electron chi connectivity index (χ4n) is 3.58. The molecule has 0 aliphatic carbocycles. The number of hydrogen-bond acceptors (Lipinski definition) is 4. The van der Waals surface area contributed by atoms with E-state index in [2.05, 4.69) is 5.32 Å². The van der Waals surface area contributed by atoms with Crippen LogP contribution in [-0.2, 0) is 14.8 Å². The molecule has 1 aliphatic rings. The van der Waals surface area contributed by atoms with E-state index in [-0.39, 0.29) is 35.6 Å². The lowest BCUT2D eigenvalue weighted by Gasteiger charge is -2.31. The Morgan fingerprint density at radius 3 is 2.57 bits per heavy atom. The summed E-state index contributed by atoms with van der Waals surface area (Å²) in [5, 5.41) is 3.33. The summed E-state index contributed by atoms with van der Waals surface area (Å²) >= 11 is 6.04. The first-order valence-corrected chi connectivity index (χ1v) is 11.9. The molecule has 2 aromatic carbocycles. The van der Waals surface area contributed by atoms with Crippen LogP contribution in [0.2, 0.25) is 5.02 Å². The molecule has 0 spiro atoms. The molecule has 30 heavy (non-hydrogen) atoms. The lowest BCUT2D eigenvalue weighted by Crippen LogP contribution is -2.41. The van der Waals surface area contributed by atoms with E-state index in [1.165, 1.54) is 10.4 Å². The zero-order chi connectivity index (χ0) is 21.9. The molecule has 1 N–H and O–H groups in total. The lowest BCUT2D eigenvalue weighted by molar-refractivity contribution is -0.120. The number of amides is 1. The predicted molar refractivity (Wildman–Crippen MR) is 119 cm³/mol. The SMILES string of the molecule is CCOc1ccc(Cl)cc1S(=O)(=O)N1CCC(C(=O)Nc2cccc(C)c2C)CC1. The van der Waals surface area contributed by atoms with Crippen LogP contribution in [0.1, 0.15) is 30.9 Å². The molecule has 0 unspecified atom stereocenters. The molecular weight excluding hydrogens is 424 g/mol. The van der Waals surface area contributed by atoms with Gasteiger partial charge in [0.15, 0.2) is 0 Å². The van der Waals surface area contributed by atoms with Crippen LogP contribution in [0.15, 0.2) is 41.3 Å². The van der Waals surface area contributed by atoms with Crippen LogP contribution in [-0.4, -0.2) is 38.3 Å². The van der Waals surface area contributed by atoms with E-state index < -0.39 is 10.0 Å². The zero-order valence-corrected chi connectivity index (χ0v) is 19.0. The second-order valence-electron chi connectivity index (χ2n) is 7.44. The molecule has 0 bridgehead atoms. The molecule has 8 heteroatoms. The highest BCUT2D eigenvalue weighted by atomic mass is 35.5. The summed E-state index contributed by atoms with van der Waals surface area (Å²) in [7, 11) is -3.77. The number of aryl methyl sites for hydroxylation is 1. The molecular formula is C22H27ClN2O4S. The molecule has 0 radical (unpaired) electrons. The smallest absolute Gasteiger partial charge is 0.246 e. The van der Waals surface area contributed by atoms with E-state index in [9.17, 15) is 13.2 Å². The minimum absolute atomic E-state index is 0.0649. The maximum absolute atomic E-state index is 13.2. The highest BCUT2D eigenvalue weighted by Gasteiger charge is 2.34. The van der Waals surface area contributed by atoms with Crippen molar-refractivity contribution in [1.29, 1.82) is 0 Å². The Kier molecular flexibility index (Phi) is 7.06. The highest BCUT2D eigenvalue weighted by molar-refractivity contribution is 7.89. The highest BCUT2D eigenvalue weighted by Crippen LogP contribution is 2.32. The molecule has 2 aromatic rings. The van der Waals surface area contributed by atoms with Crippen molar-refractivity contribution in [2.45, 2.75) is 38.5 Å². The number of rotatable bonds is 6. The molecule has 1 fully saturated rings. The topological polar surface area (TPSA) is 75.7 Å². The number of nitrogens with one attached hydrogen (secondary N) is 1. The van der Waals surface area contributed by atoms with Gasteiger partial charge in [0.1, 0.15) is 10.6 Å². The van der Waals surface area contributed by atoms with E-state index in [1.807, 2.05) is 32.0 Å². The molecule has 1 heterocycles. The molecule has 6 nitrogen and oxygen atoms in total. The van der Waals surface area contributed by atoms with Crippen LogP contribution in [0.3, 0.4) is 0 Å². The number of hydrogen-bond donors (Lipinski definition) is 1. The van der Waals surface area contributed by atoms with Crippen molar-refractivity contribution in [1.82, 2.24) is 4.31 Å². The molecule has 3 rings (SSSR count). The number of halogens is 1. The maximum Gasteiger partial charge on any atom is 0.246 e. The normalized spacial score (nSPS) is 15.7. The maximum atomic E-state index is 13.2. The Morgan fingerprint density at radius 2 is 1.90 bits per heavy atom. The summed E-state index contributed by atoms with van der Waals surface area (Å²) in [6, 6.07) is 10.4. The molecule has 0 aromatic heterocycles. The summed E-state index contributed by atoms with van der Waals surface area (Å²) < 4.78 is 33.2. The van der Waals surface area contributed by atoms with Crippen LogP contribution in [0.4, 0.5) is 5.69 Å². The van der Waals surface area contributed by atoms with Crippen molar-refractivity contribution >= 4 is 33.2 Å². The Bertz CT molecular complexity index is 1030. The Labute approximate surface area is 183 Å². The molecule has 162 valence electrons. The van der Waals surface area contributed by atoms with Gasteiger partial charge in [-0.05, 0) is 69.0 Å². The number of benzene rings is 2. The van der Waals surface area contributed by atoms with Crippen molar-refractivity contribution in [2.75, 3.05) is 25.0 Å². The van der Waals surface area contributed by atoms with Crippen molar-refractivity contribution in [3.63, 3.8) is 0 Å². The first kappa shape index (κ1) is 22.6. The third-order valence-corrected chi connectivity index (χ3v) is 7.67. The average molecular weight is 451 g/mol. The van der Waals surface area contributed by atoms with Gasteiger partial charge in [-0.3, -0.25) is 4.79 Å². The number of nitrogens with zero attached hydrogens (tertiary/aromatic N) is 1. The van der Waals surface area contributed by atoms with E-state index in [0.717, 1.165) is 16.8 Å². The van der Waals surface area contributed by atoms with Gasteiger partial charge in [-0.1, -0.05) is 23.7 Å². The monoisotopic (exact) mass is 450 g/mol. The van der Waals surface area contributed by atoms with Gasteiger partial charge in [0.2, 0.25) is 15.9 Å². The van der Waals surface area contributed by atoms with E-state index in [0.29, 0.717) is 24.5 Å². The molecule has 1 amide bonds. The summed E-state index contributed by atoms with van der Waals surface area (Å²) in [6.07, 6.45) is 0.918. The van der Waals surface area contributed by atoms with E-state index >= 15 is 0 Å². The lowest BCUT2D eigenvalue weighted by atomic mass is 9.97. The summed E-state index contributed by atoms with van der Waals surface area (Å²) in [6.45, 7) is 6.66. The number of carbonyl (C=O) groups is 1. The molecule has 1 aliphatic heterocycles. The fourth-order valence-corrected chi connectivity index (χ4v) is 5.44. The van der Waals surface area contributed by atoms with Crippen LogP contribution >= 0.6 is 11.6 Å². The van der Waals surface area contributed by atoms with Gasteiger partial charge in [-0.2, -0.15) is 4.31 Å². The summed E-state index contributed by atoms with van der Waals surface area (Å²) in [5.41, 5.74) is 2.95. The third-order valence-electron chi connectivity index (χ3n) is 5.51. The first-order chi connectivity index (χ1) is 14.2. The Morgan fingerprint density at radius 1 is 1.20 bits per heavy atom. The Hall–Kier alpha value is -2.09. The number of anilines is 1. The van der Waals surface area contributed by atoms with Gasteiger partial charge in [-0.15, -0.1) is 0 Å². The van der Waals surface area contributed by atoms with Crippen LogP contribution in [0, 0.1) is 19.8 Å². The second kappa shape index (κ2) is 9.37. The van der Waals surface area contributed by atoms with E-state index in [4.69, 9.17) is 16.3 Å². The average Bonchev–Trinajstić information content (AvgIpc) is 2.73. The van der Waals surface area contributed by atoms with Crippen LogP contribution in [0.5, 0.6) is 5.75 Å². The van der Waals surface area contributed by atoms with Crippen LogP contribution in [0.25, 0.3) is 0 Å². The van der Waals surface area contributed by atoms with Gasteiger partial charge in [0, 0.05) is 29.7 Å². The van der Waals surface area contributed by atoms with Crippen molar-refractivity contribution in [3.8, 4) is 5.75 Å². The number of ether oxygens (including phenoxy) is 1. The number of carbonyl (C=O) groups excluding carboxylic acids is 1. The minimum Gasteiger partial charge on any atom is -0.492 e. The van der Waals surface area contributed by atoms with Gasteiger partial charge in [0.25, 0.3) is 0 Å². The predicted octanol–water partition coefficient (Wildman–Crippen LogP) is 4.39. The summed E-state index contributed by atoms with van der Waals surface area (Å²) in [5.74, 6) is -0.0164. The van der Waals surface area contributed by atoms with Gasteiger partial charge in [0.05, 0.1) is 6.61 Å². The van der Waals surface area contributed by atoms with E-state index in [1.54, 1.807) is 19.1 Å². The summed E-state index contributed by atoms with van der Waals surface area (Å²) in [4.78, 5) is 12.8. The first-order valence-electron chi connectivity index (χ1n) is 10.0. The van der Waals surface area contributed by atoms with Crippen molar-refractivity contribution < 1.29 is 17.9 Å². The van der Waals surface area contributed by atoms with Crippen molar-refractivity contribution in [2.24, 2.45) is 5.92 Å². The second-order valence-corrected chi connectivity index (χ2v) is 9.78.